The molecule has 1 aromatic heterocycles. The number of fused-ring (bicyclic) bond motifs is 1. The summed E-state index contributed by atoms with van der Waals surface area (Å²) in [5, 5.41) is 12.5. The summed E-state index contributed by atoms with van der Waals surface area (Å²) in [7, 11) is 0. The molecule has 0 aliphatic carbocycles. The van der Waals surface area contributed by atoms with Crippen molar-refractivity contribution in [2.45, 2.75) is 25.7 Å². The molecule has 0 fully saturated rings. The maximum Gasteiger partial charge on any atom is 0.228 e. The second-order valence-electron chi connectivity index (χ2n) is 7.23. The van der Waals surface area contributed by atoms with Gasteiger partial charge in [-0.15, -0.1) is 0 Å². The highest BCUT2D eigenvalue weighted by atomic mass is 35.5. The fourth-order valence-corrected chi connectivity index (χ4v) is 4.06. The summed E-state index contributed by atoms with van der Waals surface area (Å²) in [5.74, 6) is -2.70. The number of aromatic amines is 1. The predicted octanol–water partition coefficient (Wildman–Crippen LogP) is 5.05. The topological polar surface area (TPSA) is 86.9 Å². The van der Waals surface area contributed by atoms with Crippen molar-refractivity contribution < 1.29 is 18.4 Å². The number of anilines is 1. The number of rotatable bonds is 4. The summed E-state index contributed by atoms with van der Waals surface area (Å²) in [4.78, 5) is 24.8. The van der Waals surface area contributed by atoms with E-state index in [0.29, 0.717) is 22.2 Å². The first-order valence-electron chi connectivity index (χ1n) is 9.30. The van der Waals surface area contributed by atoms with E-state index in [1.165, 1.54) is 18.2 Å². The summed E-state index contributed by atoms with van der Waals surface area (Å²) in [6.45, 7) is 1.64. The van der Waals surface area contributed by atoms with Crippen LogP contribution in [0.4, 0.5) is 14.5 Å². The standard InChI is InChI=1S/C21H16Cl2F2N4O2/c1-9-12(13(7-19(30)26-9)11-3-2-10(22)4-15(11)24)6-20(31)27-18-5-14-17(8-16(18)25)28-29-21(14)23/h2-5,8,13H,6-7H2,1H3,(H,26,30)(H,27,31)(H,28,29). The van der Waals surface area contributed by atoms with Crippen LogP contribution in [0.1, 0.15) is 31.2 Å². The monoisotopic (exact) mass is 464 g/mol. The summed E-state index contributed by atoms with van der Waals surface area (Å²) in [6.07, 6.45) is -0.196. The number of benzene rings is 2. The van der Waals surface area contributed by atoms with Gasteiger partial charge in [0.25, 0.3) is 0 Å². The maximum atomic E-state index is 14.5. The molecule has 1 atom stereocenters. The predicted molar refractivity (Wildman–Crippen MR) is 114 cm³/mol. The third-order valence-electron chi connectivity index (χ3n) is 5.18. The fraction of sp³-hybridized carbons (Fsp3) is 0.190. The lowest BCUT2D eigenvalue weighted by molar-refractivity contribution is -0.121. The van der Waals surface area contributed by atoms with Crippen molar-refractivity contribution in [3.8, 4) is 0 Å². The molecular formula is C21H16Cl2F2N4O2. The molecule has 10 heteroatoms. The molecular weight excluding hydrogens is 449 g/mol. The van der Waals surface area contributed by atoms with Crippen molar-refractivity contribution in [1.82, 2.24) is 15.5 Å². The minimum absolute atomic E-state index is 0.0244. The number of carbonyl (C=O) groups excluding carboxylic acids is 2. The molecule has 3 N–H and O–H groups in total. The number of aromatic nitrogens is 2. The SMILES string of the molecule is CC1=C(CC(=O)Nc2cc3c(Cl)[nH]nc3cc2F)C(c2ccc(Cl)cc2F)CC(=O)N1. The lowest BCUT2D eigenvalue weighted by atomic mass is 9.82. The highest BCUT2D eigenvalue weighted by Gasteiger charge is 2.30. The Kier molecular flexibility index (Phi) is 5.68. The lowest BCUT2D eigenvalue weighted by Gasteiger charge is -2.28. The molecule has 1 aliphatic rings. The van der Waals surface area contributed by atoms with Gasteiger partial charge in [-0.1, -0.05) is 29.3 Å². The van der Waals surface area contributed by atoms with E-state index in [9.17, 15) is 18.4 Å². The van der Waals surface area contributed by atoms with Crippen LogP contribution in [0.15, 0.2) is 41.6 Å². The number of halogens is 4. The number of hydrogen-bond acceptors (Lipinski definition) is 3. The Labute approximate surface area is 185 Å². The minimum Gasteiger partial charge on any atom is -0.330 e. The third-order valence-corrected chi connectivity index (χ3v) is 5.70. The maximum absolute atomic E-state index is 14.5. The Bertz CT molecular complexity index is 1260. The summed E-state index contributed by atoms with van der Waals surface area (Å²) >= 11 is 11.8. The van der Waals surface area contributed by atoms with Crippen molar-refractivity contribution in [2.24, 2.45) is 0 Å². The van der Waals surface area contributed by atoms with Crippen LogP contribution in [-0.2, 0) is 9.59 Å². The Morgan fingerprint density at radius 3 is 2.74 bits per heavy atom. The Balaban J connectivity index is 1.62. The van der Waals surface area contributed by atoms with Crippen molar-refractivity contribution in [2.75, 3.05) is 5.32 Å². The summed E-state index contributed by atoms with van der Waals surface area (Å²) in [5.41, 5.74) is 1.51. The third kappa shape index (κ3) is 4.26. The molecule has 4 rings (SSSR count). The zero-order chi connectivity index (χ0) is 22.3. The van der Waals surface area contributed by atoms with Crippen molar-refractivity contribution in [3.05, 3.63) is 69.0 Å². The van der Waals surface area contributed by atoms with Crippen LogP contribution >= 0.6 is 23.2 Å². The van der Waals surface area contributed by atoms with E-state index in [-0.39, 0.29) is 40.2 Å². The van der Waals surface area contributed by atoms with Crippen LogP contribution in [0.3, 0.4) is 0 Å². The van der Waals surface area contributed by atoms with Gasteiger partial charge in [-0.25, -0.2) is 8.78 Å². The molecule has 160 valence electrons. The Morgan fingerprint density at radius 1 is 1.23 bits per heavy atom. The second kappa shape index (κ2) is 8.28. The first kappa shape index (κ1) is 21.3. The molecule has 0 bridgehead atoms. The molecule has 0 saturated heterocycles. The normalized spacial score (nSPS) is 16.5. The fourth-order valence-electron chi connectivity index (χ4n) is 3.71. The first-order chi connectivity index (χ1) is 14.7. The number of nitrogens with one attached hydrogen (secondary N) is 3. The van der Waals surface area contributed by atoms with E-state index < -0.39 is 23.5 Å². The van der Waals surface area contributed by atoms with Crippen LogP contribution in [0.25, 0.3) is 10.9 Å². The number of hydrogen-bond donors (Lipinski definition) is 3. The molecule has 2 heterocycles. The number of amides is 2. The molecule has 3 aromatic rings. The molecule has 1 aliphatic heterocycles. The molecule has 31 heavy (non-hydrogen) atoms. The average Bonchev–Trinajstić information content (AvgIpc) is 3.04. The van der Waals surface area contributed by atoms with Gasteiger partial charge >= 0.3 is 0 Å². The highest BCUT2D eigenvalue weighted by Crippen LogP contribution is 2.37. The Morgan fingerprint density at radius 2 is 2.00 bits per heavy atom. The largest absolute Gasteiger partial charge is 0.330 e. The smallest absolute Gasteiger partial charge is 0.228 e. The number of allylic oxidation sites excluding steroid dienone is 1. The van der Waals surface area contributed by atoms with Crippen LogP contribution < -0.4 is 10.6 Å². The number of H-pyrrole nitrogens is 1. The van der Waals surface area contributed by atoms with Gasteiger partial charge in [-0.05, 0) is 36.3 Å². The van der Waals surface area contributed by atoms with Gasteiger partial charge in [-0.2, -0.15) is 5.10 Å². The molecule has 1 unspecified atom stereocenters. The molecule has 2 amide bonds. The van der Waals surface area contributed by atoms with Gasteiger partial charge in [0, 0.05) is 34.5 Å². The van der Waals surface area contributed by atoms with Gasteiger partial charge in [0.2, 0.25) is 11.8 Å². The highest BCUT2D eigenvalue weighted by molar-refractivity contribution is 6.34. The van der Waals surface area contributed by atoms with Crippen LogP contribution in [-0.4, -0.2) is 22.0 Å². The van der Waals surface area contributed by atoms with E-state index in [1.807, 2.05) is 0 Å². The van der Waals surface area contributed by atoms with E-state index in [0.717, 1.165) is 12.1 Å². The molecule has 0 spiro atoms. The van der Waals surface area contributed by atoms with Crippen molar-refractivity contribution >= 4 is 51.6 Å². The van der Waals surface area contributed by atoms with Gasteiger partial charge in [0.05, 0.1) is 17.6 Å². The first-order valence-corrected chi connectivity index (χ1v) is 10.1. The zero-order valence-electron chi connectivity index (χ0n) is 16.2. The van der Waals surface area contributed by atoms with E-state index in [2.05, 4.69) is 20.8 Å². The van der Waals surface area contributed by atoms with Crippen LogP contribution in [0.2, 0.25) is 10.2 Å². The van der Waals surface area contributed by atoms with E-state index >= 15 is 0 Å². The molecule has 6 nitrogen and oxygen atoms in total. The zero-order valence-corrected chi connectivity index (χ0v) is 17.7. The van der Waals surface area contributed by atoms with Gasteiger partial charge < -0.3 is 10.6 Å². The van der Waals surface area contributed by atoms with Gasteiger partial charge in [0.15, 0.2) is 0 Å². The number of nitrogens with zero attached hydrogens (tertiary/aromatic N) is 1. The summed E-state index contributed by atoms with van der Waals surface area (Å²) in [6, 6.07) is 6.73. The number of carbonyl (C=O) groups is 2. The second-order valence-corrected chi connectivity index (χ2v) is 8.05. The molecule has 0 saturated carbocycles. The lowest BCUT2D eigenvalue weighted by Crippen LogP contribution is -2.32. The van der Waals surface area contributed by atoms with Crippen molar-refractivity contribution in [3.63, 3.8) is 0 Å². The van der Waals surface area contributed by atoms with Gasteiger partial charge in [0.1, 0.15) is 16.8 Å². The quantitative estimate of drug-likeness (QED) is 0.504. The minimum atomic E-state index is -0.674. The average molecular weight is 465 g/mol. The van der Waals surface area contributed by atoms with Gasteiger partial charge in [-0.3, -0.25) is 14.7 Å². The van der Waals surface area contributed by atoms with E-state index in [1.54, 1.807) is 6.92 Å². The van der Waals surface area contributed by atoms with Crippen molar-refractivity contribution in [1.29, 1.82) is 0 Å². The van der Waals surface area contributed by atoms with Crippen LogP contribution in [0, 0.1) is 11.6 Å². The Hall–Kier alpha value is -2.97. The molecule has 2 aromatic carbocycles. The molecule has 0 radical (unpaired) electrons. The van der Waals surface area contributed by atoms with E-state index in [4.69, 9.17) is 23.2 Å². The van der Waals surface area contributed by atoms with Crippen LogP contribution in [0.5, 0.6) is 0 Å². The summed E-state index contributed by atoms with van der Waals surface area (Å²) < 4.78 is 28.9.